The van der Waals surface area contributed by atoms with Crippen LogP contribution in [0, 0.1) is 23.4 Å². The second-order valence-corrected chi connectivity index (χ2v) is 6.60. The molecule has 2 N–H and O–H groups in total. The molecule has 1 heterocycles. The number of hydrogen-bond donors (Lipinski definition) is 2. The lowest BCUT2D eigenvalue weighted by Gasteiger charge is -2.19. The molecule has 2 aromatic rings. The molecule has 26 heavy (non-hydrogen) atoms. The van der Waals surface area contributed by atoms with Gasteiger partial charge in [0.25, 0.3) is 0 Å². The van der Waals surface area contributed by atoms with Gasteiger partial charge >= 0.3 is 0 Å². The van der Waals surface area contributed by atoms with E-state index in [1.54, 1.807) is 6.07 Å². The highest BCUT2D eigenvalue weighted by atomic mass is 35.5. The Morgan fingerprint density at radius 3 is 2.69 bits per heavy atom. The Morgan fingerprint density at radius 2 is 1.92 bits per heavy atom. The zero-order valence-electron chi connectivity index (χ0n) is 13.8. The summed E-state index contributed by atoms with van der Waals surface area (Å²) >= 11 is 0. The Morgan fingerprint density at radius 1 is 1.12 bits per heavy atom. The van der Waals surface area contributed by atoms with Crippen molar-refractivity contribution in [3.8, 4) is 0 Å². The molecule has 0 aromatic heterocycles. The highest BCUT2D eigenvalue weighted by Gasteiger charge is 2.44. The van der Waals surface area contributed by atoms with Gasteiger partial charge < -0.3 is 10.6 Å². The number of amides is 1. The van der Waals surface area contributed by atoms with Crippen molar-refractivity contribution in [1.82, 2.24) is 5.32 Å². The van der Waals surface area contributed by atoms with Gasteiger partial charge in [0.15, 0.2) is 11.6 Å². The van der Waals surface area contributed by atoms with Crippen molar-refractivity contribution in [2.75, 3.05) is 11.9 Å². The molecular weight excluding hydrogens is 365 g/mol. The zero-order valence-corrected chi connectivity index (χ0v) is 14.6. The molecule has 2 aliphatic rings. The average molecular weight is 383 g/mol. The molecule has 2 atom stereocenters. The third-order valence-electron chi connectivity index (χ3n) is 4.96. The molecule has 0 radical (unpaired) electrons. The predicted molar refractivity (Wildman–Crippen MR) is 94.9 cm³/mol. The number of hydrogen-bond acceptors (Lipinski definition) is 2. The molecule has 4 rings (SSSR count). The van der Waals surface area contributed by atoms with Gasteiger partial charge in [0.05, 0.1) is 5.69 Å². The number of anilines is 1. The van der Waals surface area contributed by atoms with Crippen molar-refractivity contribution >= 4 is 24.0 Å². The highest BCUT2D eigenvalue weighted by molar-refractivity contribution is 5.95. The first kappa shape index (κ1) is 18.7. The molecule has 0 saturated heterocycles. The van der Waals surface area contributed by atoms with Crippen molar-refractivity contribution in [2.24, 2.45) is 5.92 Å². The summed E-state index contributed by atoms with van der Waals surface area (Å²) in [5.41, 5.74) is 2.33. The van der Waals surface area contributed by atoms with Crippen LogP contribution in [-0.4, -0.2) is 12.5 Å². The SMILES string of the molecule is Cl.O=C(Nc1ccc2c(c1F)CCNC2)C1CC1c1ccc(F)c(F)c1. The highest BCUT2D eigenvalue weighted by Crippen LogP contribution is 2.48. The molecule has 3 nitrogen and oxygen atoms in total. The maximum atomic E-state index is 14.6. The van der Waals surface area contributed by atoms with E-state index in [0.717, 1.165) is 17.7 Å². The molecule has 1 fully saturated rings. The lowest BCUT2D eigenvalue weighted by atomic mass is 9.99. The third kappa shape index (κ3) is 3.44. The van der Waals surface area contributed by atoms with Gasteiger partial charge in [-0.3, -0.25) is 4.79 Å². The Bertz CT molecular complexity index is 859. The molecule has 1 aliphatic heterocycles. The van der Waals surface area contributed by atoms with Crippen LogP contribution in [0.5, 0.6) is 0 Å². The molecular formula is C19H18ClF3N2O. The number of halogens is 4. The topological polar surface area (TPSA) is 41.1 Å². The van der Waals surface area contributed by atoms with E-state index < -0.39 is 11.6 Å². The van der Waals surface area contributed by atoms with Crippen LogP contribution in [0.25, 0.3) is 0 Å². The third-order valence-corrected chi connectivity index (χ3v) is 4.96. The van der Waals surface area contributed by atoms with Gasteiger partial charge in [-0.15, -0.1) is 12.4 Å². The summed E-state index contributed by atoms with van der Waals surface area (Å²) in [5.74, 6) is -2.99. The maximum absolute atomic E-state index is 14.6. The van der Waals surface area contributed by atoms with Crippen LogP contribution in [0.2, 0.25) is 0 Å². The van der Waals surface area contributed by atoms with Crippen molar-refractivity contribution < 1.29 is 18.0 Å². The molecule has 2 unspecified atom stereocenters. The lowest BCUT2D eigenvalue weighted by molar-refractivity contribution is -0.117. The van der Waals surface area contributed by atoms with Crippen molar-refractivity contribution in [1.29, 1.82) is 0 Å². The molecule has 7 heteroatoms. The first-order valence-electron chi connectivity index (χ1n) is 8.31. The fraction of sp³-hybridized carbons (Fsp3) is 0.316. The van der Waals surface area contributed by atoms with E-state index in [2.05, 4.69) is 10.6 Å². The van der Waals surface area contributed by atoms with Gasteiger partial charge in [-0.1, -0.05) is 12.1 Å². The molecule has 138 valence electrons. The minimum Gasteiger partial charge on any atom is -0.323 e. The second kappa shape index (κ2) is 7.29. The van der Waals surface area contributed by atoms with Gasteiger partial charge in [-0.25, -0.2) is 13.2 Å². The van der Waals surface area contributed by atoms with Crippen LogP contribution < -0.4 is 10.6 Å². The molecule has 0 bridgehead atoms. The minimum absolute atomic E-state index is 0. The number of benzene rings is 2. The molecule has 1 saturated carbocycles. The predicted octanol–water partition coefficient (Wildman–Crippen LogP) is 3.91. The van der Waals surface area contributed by atoms with Crippen molar-refractivity contribution in [2.45, 2.75) is 25.3 Å². The molecule has 1 amide bonds. The van der Waals surface area contributed by atoms with E-state index in [0.29, 0.717) is 37.1 Å². The van der Waals surface area contributed by atoms with Gasteiger partial charge in [0.2, 0.25) is 5.91 Å². The van der Waals surface area contributed by atoms with Crippen molar-refractivity contribution in [3.63, 3.8) is 0 Å². The number of carbonyl (C=O) groups is 1. The zero-order chi connectivity index (χ0) is 17.6. The number of rotatable bonds is 3. The normalized spacial score (nSPS) is 20.7. The fourth-order valence-corrected chi connectivity index (χ4v) is 3.45. The number of fused-ring (bicyclic) bond motifs is 1. The van der Waals surface area contributed by atoms with Gasteiger partial charge in [-0.2, -0.15) is 0 Å². The fourth-order valence-electron chi connectivity index (χ4n) is 3.45. The Kier molecular flexibility index (Phi) is 5.25. The quantitative estimate of drug-likeness (QED) is 0.845. The Hall–Kier alpha value is -2.05. The minimum atomic E-state index is -0.919. The van der Waals surface area contributed by atoms with E-state index in [1.165, 1.54) is 6.07 Å². The number of nitrogens with one attached hydrogen (secondary N) is 2. The molecule has 2 aromatic carbocycles. The van der Waals surface area contributed by atoms with Gasteiger partial charge in [-0.05, 0) is 60.2 Å². The van der Waals surface area contributed by atoms with E-state index in [-0.39, 0.29) is 41.7 Å². The summed E-state index contributed by atoms with van der Waals surface area (Å²) in [5, 5.41) is 5.82. The van der Waals surface area contributed by atoms with E-state index >= 15 is 0 Å². The van der Waals surface area contributed by atoms with Crippen LogP contribution in [-0.2, 0) is 17.8 Å². The van der Waals surface area contributed by atoms with Crippen LogP contribution in [0.4, 0.5) is 18.9 Å². The monoisotopic (exact) mass is 382 g/mol. The average Bonchev–Trinajstić information content (AvgIpc) is 3.41. The van der Waals surface area contributed by atoms with Crippen LogP contribution in [0.1, 0.15) is 29.0 Å². The van der Waals surface area contributed by atoms with Crippen LogP contribution in [0.3, 0.4) is 0 Å². The van der Waals surface area contributed by atoms with Crippen molar-refractivity contribution in [3.05, 3.63) is 64.5 Å². The first-order valence-corrected chi connectivity index (χ1v) is 8.31. The molecule has 1 aliphatic carbocycles. The summed E-state index contributed by atoms with van der Waals surface area (Å²) in [7, 11) is 0. The lowest BCUT2D eigenvalue weighted by Crippen LogP contribution is -2.25. The first-order chi connectivity index (χ1) is 12.0. The summed E-state index contributed by atoms with van der Waals surface area (Å²) in [6.07, 6.45) is 1.14. The number of carbonyl (C=O) groups excluding carboxylic acids is 1. The largest absolute Gasteiger partial charge is 0.323 e. The van der Waals surface area contributed by atoms with Crippen LogP contribution in [0.15, 0.2) is 30.3 Å². The van der Waals surface area contributed by atoms with Gasteiger partial charge in [0, 0.05) is 12.5 Å². The van der Waals surface area contributed by atoms with E-state index in [9.17, 15) is 18.0 Å². The summed E-state index contributed by atoms with van der Waals surface area (Å²) < 4.78 is 40.9. The maximum Gasteiger partial charge on any atom is 0.228 e. The van der Waals surface area contributed by atoms with E-state index in [1.807, 2.05) is 6.07 Å². The second-order valence-electron chi connectivity index (χ2n) is 6.60. The van der Waals surface area contributed by atoms with Gasteiger partial charge in [0.1, 0.15) is 5.82 Å². The summed E-state index contributed by atoms with van der Waals surface area (Å²) in [6, 6.07) is 7.08. The smallest absolute Gasteiger partial charge is 0.228 e. The summed E-state index contributed by atoms with van der Waals surface area (Å²) in [4.78, 5) is 12.4. The Balaban J connectivity index is 0.00000196. The standard InChI is InChI=1S/C19H17F3N2O.ClH/c20-15-3-1-10(7-16(15)21)13-8-14(13)19(25)24-17-4-2-11-9-23-6-5-12(11)18(17)22;/h1-4,7,13-14,23H,5-6,8-9H2,(H,24,25);1H. The molecule has 0 spiro atoms. The Labute approximate surface area is 155 Å². The van der Waals surface area contributed by atoms with Crippen LogP contribution >= 0.6 is 12.4 Å². The summed E-state index contributed by atoms with van der Waals surface area (Å²) in [6.45, 7) is 1.34. The van der Waals surface area contributed by atoms with E-state index in [4.69, 9.17) is 0 Å².